The van der Waals surface area contributed by atoms with Crippen molar-refractivity contribution < 1.29 is 4.74 Å². The summed E-state index contributed by atoms with van der Waals surface area (Å²) in [6.45, 7) is 5.52. The number of ether oxygens (including phenoxy) is 1. The monoisotopic (exact) mass is 341 g/mol. The SMILES string of the molecule is COCC[C@@H]1C[C@H]2CC[C@@H](C1)N2C[C@@H](C)Cn1ncc2ccccc21. The van der Waals surface area contributed by atoms with E-state index in [0.717, 1.165) is 31.2 Å². The van der Waals surface area contributed by atoms with E-state index in [2.05, 4.69) is 45.9 Å². The van der Waals surface area contributed by atoms with Crippen LogP contribution in [-0.4, -0.2) is 47.0 Å². The van der Waals surface area contributed by atoms with Gasteiger partial charge < -0.3 is 4.74 Å². The Hall–Kier alpha value is -1.39. The number of piperidine rings is 1. The van der Waals surface area contributed by atoms with Crippen LogP contribution in [0.15, 0.2) is 30.5 Å². The molecule has 2 bridgehead atoms. The Morgan fingerprint density at radius 3 is 2.68 bits per heavy atom. The van der Waals surface area contributed by atoms with Crippen LogP contribution in [0.25, 0.3) is 10.9 Å². The molecular formula is C21H31N3O. The second-order valence-corrected chi connectivity index (χ2v) is 8.19. The van der Waals surface area contributed by atoms with Gasteiger partial charge in [-0.05, 0) is 50.0 Å². The van der Waals surface area contributed by atoms with Gasteiger partial charge in [0.2, 0.25) is 0 Å². The second kappa shape index (κ2) is 7.46. The second-order valence-electron chi connectivity index (χ2n) is 8.19. The molecule has 2 fully saturated rings. The highest BCUT2D eigenvalue weighted by atomic mass is 16.5. The molecule has 2 saturated heterocycles. The van der Waals surface area contributed by atoms with Crippen molar-refractivity contribution in [2.75, 3.05) is 20.3 Å². The molecule has 0 spiro atoms. The van der Waals surface area contributed by atoms with Gasteiger partial charge in [-0.3, -0.25) is 9.58 Å². The number of para-hydroxylation sites is 1. The predicted octanol–water partition coefficient (Wildman–Crippen LogP) is 3.95. The van der Waals surface area contributed by atoms with E-state index >= 15 is 0 Å². The van der Waals surface area contributed by atoms with E-state index in [9.17, 15) is 0 Å². The van der Waals surface area contributed by atoms with Gasteiger partial charge >= 0.3 is 0 Å². The van der Waals surface area contributed by atoms with E-state index in [0.29, 0.717) is 5.92 Å². The first-order chi connectivity index (χ1) is 12.2. The molecule has 0 aliphatic carbocycles. The molecule has 4 atom stereocenters. The molecule has 2 aliphatic rings. The van der Waals surface area contributed by atoms with Crippen molar-refractivity contribution in [2.45, 2.75) is 57.7 Å². The molecule has 0 radical (unpaired) electrons. The minimum Gasteiger partial charge on any atom is -0.385 e. The van der Waals surface area contributed by atoms with Gasteiger partial charge in [-0.2, -0.15) is 5.10 Å². The number of benzene rings is 1. The molecule has 25 heavy (non-hydrogen) atoms. The quantitative estimate of drug-likeness (QED) is 0.764. The van der Waals surface area contributed by atoms with Crippen LogP contribution in [0.5, 0.6) is 0 Å². The fraction of sp³-hybridized carbons (Fsp3) is 0.667. The summed E-state index contributed by atoms with van der Waals surface area (Å²) < 4.78 is 7.49. The maximum atomic E-state index is 5.30. The topological polar surface area (TPSA) is 30.3 Å². The zero-order chi connectivity index (χ0) is 17.2. The Bertz CT molecular complexity index is 683. The molecular weight excluding hydrogens is 310 g/mol. The van der Waals surface area contributed by atoms with Gasteiger partial charge in [0.05, 0.1) is 11.7 Å². The number of aromatic nitrogens is 2. The van der Waals surface area contributed by atoms with Crippen LogP contribution in [0, 0.1) is 11.8 Å². The van der Waals surface area contributed by atoms with Crippen molar-refractivity contribution in [1.82, 2.24) is 14.7 Å². The lowest BCUT2D eigenvalue weighted by Gasteiger charge is -2.40. The fourth-order valence-corrected chi connectivity index (χ4v) is 5.09. The summed E-state index contributed by atoms with van der Waals surface area (Å²) in [7, 11) is 1.82. The highest BCUT2D eigenvalue weighted by molar-refractivity contribution is 5.78. The maximum absolute atomic E-state index is 5.30. The third-order valence-electron chi connectivity index (χ3n) is 6.27. The van der Waals surface area contributed by atoms with Crippen LogP contribution in [0.4, 0.5) is 0 Å². The molecule has 0 saturated carbocycles. The number of hydrogen-bond donors (Lipinski definition) is 0. The first kappa shape index (κ1) is 17.0. The molecule has 3 heterocycles. The third kappa shape index (κ3) is 3.61. The van der Waals surface area contributed by atoms with Gasteiger partial charge in [-0.1, -0.05) is 25.1 Å². The molecule has 0 unspecified atom stereocenters. The largest absolute Gasteiger partial charge is 0.385 e. The van der Waals surface area contributed by atoms with Crippen molar-refractivity contribution in [1.29, 1.82) is 0 Å². The lowest BCUT2D eigenvalue weighted by Crippen LogP contribution is -2.45. The molecule has 136 valence electrons. The summed E-state index contributed by atoms with van der Waals surface area (Å²) in [6.07, 6.45) is 8.77. The highest BCUT2D eigenvalue weighted by Gasteiger charge is 2.40. The highest BCUT2D eigenvalue weighted by Crippen LogP contribution is 2.40. The van der Waals surface area contributed by atoms with Gasteiger partial charge in [0, 0.05) is 44.3 Å². The third-order valence-corrected chi connectivity index (χ3v) is 6.27. The number of hydrogen-bond acceptors (Lipinski definition) is 3. The zero-order valence-corrected chi connectivity index (χ0v) is 15.6. The van der Waals surface area contributed by atoms with Gasteiger partial charge in [-0.25, -0.2) is 0 Å². The first-order valence-corrected chi connectivity index (χ1v) is 9.90. The fourth-order valence-electron chi connectivity index (χ4n) is 5.09. The molecule has 4 heteroatoms. The van der Waals surface area contributed by atoms with Crippen molar-refractivity contribution in [3.05, 3.63) is 30.5 Å². The zero-order valence-electron chi connectivity index (χ0n) is 15.6. The van der Waals surface area contributed by atoms with Gasteiger partial charge in [0.1, 0.15) is 0 Å². The average molecular weight is 341 g/mol. The Kier molecular flexibility index (Phi) is 5.09. The predicted molar refractivity (Wildman–Crippen MR) is 102 cm³/mol. The van der Waals surface area contributed by atoms with Crippen LogP contribution in [0.3, 0.4) is 0 Å². The number of fused-ring (bicyclic) bond motifs is 3. The minimum atomic E-state index is 0.627. The minimum absolute atomic E-state index is 0.627. The van der Waals surface area contributed by atoms with Crippen LogP contribution in [0.2, 0.25) is 0 Å². The molecule has 4 nitrogen and oxygen atoms in total. The number of rotatable bonds is 7. The van der Waals surface area contributed by atoms with E-state index in [4.69, 9.17) is 4.74 Å². The van der Waals surface area contributed by atoms with Crippen LogP contribution in [-0.2, 0) is 11.3 Å². The van der Waals surface area contributed by atoms with Crippen LogP contribution in [0.1, 0.15) is 39.0 Å². The van der Waals surface area contributed by atoms with E-state index in [-0.39, 0.29) is 0 Å². The van der Waals surface area contributed by atoms with Crippen molar-refractivity contribution >= 4 is 10.9 Å². The number of methoxy groups -OCH3 is 1. The van der Waals surface area contributed by atoms with Gasteiger partial charge in [0.25, 0.3) is 0 Å². The van der Waals surface area contributed by atoms with Crippen LogP contribution >= 0.6 is 0 Å². The molecule has 2 aromatic rings. The molecule has 4 rings (SSSR count). The smallest absolute Gasteiger partial charge is 0.0682 e. The summed E-state index contributed by atoms with van der Waals surface area (Å²) in [6, 6.07) is 10.1. The maximum Gasteiger partial charge on any atom is 0.0682 e. The summed E-state index contributed by atoms with van der Waals surface area (Å²) in [5.74, 6) is 1.50. The van der Waals surface area contributed by atoms with Gasteiger partial charge in [0.15, 0.2) is 0 Å². The lowest BCUT2D eigenvalue weighted by molar-refractivity contribution is 0.0700. The summed E-state index contributed by atoms with van der Waals surface area (Å²) in [4.78, 5) is 2.82. The average Bonchev–Trinajstić information content (AvgIpc) is 3.11. The molecule has 0 N–H and O–H groups in total. The van der Waals surface area contributed by atoms with E-state index in [1.54, 1.807) is 0 Å². The van der Waals surface area contributed by atoms with Crippen molar-refractivity contribution in [2.24, 2.45) is 11.8 Å². The van der Waals surface area contributed by atoms with Crippen LogP contribution < -0.4 is 0 Å². The normalized spacial score (nSPS) is 27.8. The lowest BCUT2D eigenvalue weighted by atomic mass is 9.88. The Balaban J connectivity index is 1.36. The van der Waals surface area contributed by atoms with E-state index < -0.39 is 0 Å². The molecule has 1 aromatic heterocycles. The van der Waals surface area contributed by atoms with Crippen molar-refractivity contribution in [3.8, 4) is 0 Å². The Morgan fingerprint density at radius 2 is 1.92 bits per heavy atom. The summed E-state index contributed by atoms with van der Waals surface area (Å²) >= 11 is 0. The van der Waals surface area contributed by atoms with E-state index in [1.807, 2.05) is 13.3 Å². The Morgan fingerprint density at radius 1 is 1.16 bits per heavy atom. The molecule has 1 aromatic carbocycles. The molecule has 2 aliphatic heterocycles. The number of nitrogens with zero attached hydrogens (tertiary/aromatic N) is 3. The summed E-state index contributed by atoms with van der Waals surface area (Å²) in [5, 5.41) is 5.86. The van der Waals surface area contributed by atoms with Gasteiger partial charge in [-0.15, -0.1) is 0 Å². The first-order valence-electron chi connectivity index (χ1n) is 9.90. The Labute approximate surface area is 151 Å². The van der Waals surface area contributed by atoms with E-state index in [1.165, 1.54) is 49.6 Å². The standard InChI is InChI=1S/C21H31N3O/c1-16(15-24-21-6-4-3-5-18(21)13-22-24)14-23-19-7-8-20(23)12-17(11-19)9-10-25-2/h3-6,13,16-17,19-20H,7-12,14-15H2,1-2H3/t16-,17-,19-,20+/m1/s1. The summed E-state index contributed by atoms with van der Waals surface area (Å²) in [5.41, 5.74) is 1.26. The van der Waals surface area contributed by atoms with Crippen molar-refractivity contribution in [3.63, 3.8) is 0 Å². The molecule has 0 amide bonds.